The van der Waals surface area contributed by atoms with Gasteiger partial charge in [0.15, 0.2) is 4.67 Å². The fraction of sp³-hybridized carbons (Fsp3) is 0.364. The molecule has 1 amide bonds. The normalized spacial score (nSPS) is 10.1. The van der Waals surface area contributed by atoms with Crippen LogP contribution in [0, 0.1) is 0 Å². The molecule has 0 unspecified atom stereocenters. The van der Waals surface area contributed by atoms with Crippen molar-refractivity contribution in [2.75, 3.05) is 13.1 Å². The van der Waals surface area contributed by atoms with E-state index in [1.807, 2.05) is 13.8 Å². The number of hydrogen-bond acceptors (Lipinski definition) is 2. The molecule has 0 aliphatic heterocycles. The third kappa shape index (κ3) is 2.96. The second kappa shape index (κ2) is 5.16. The number of furan rings is 1. The van der Waals surface area contributed by atoms with Crippen LogP contribution in [0.25, 0.3) is 0 Å². The lowest BCUT2D eigenvalue weighted by molar-refractivity contribution is 0.0776. The Labute approximate surface area is 97.9 Å². The lowest BCUT2D eigenvalue weighted by Crippen LogP contribution is -2.32. The number of amides is 1. The molecule has 0 aliphatic carbocycles. The molecular formula is C11H14BrNO2. The predicted octanol–water partition coefficient (Wildman–Crippen LogP) is 3.08. The quantitative estimate of drug-likeness (QED) is 0.789. The molecule has 0 aromatic carbocycles. The van der Waals surface area contributed by atoms with E-state index in [9.17, 15) is 4.79 Å². The maximum atomic E-state index is 12.0. The Balaban J connectivity index is 2.82. The van der Waals surface area contributed by atoms with Gasteiger partial charge in [0.1, 0.15) is 0 Å². The number of halogens is 1. The number of hydrogen-bond donors (Lipinski definition) is 0. The van der Waals surface area contributed by atoms with E-state index in [2.05, 4.69) is 22.5 Å². The van der Waals surface area contributed by atoms with Crippen molar-refractivity contribution < 1.29 is 9.21 Å². The van der Waals surface area contributed by atoms with Gasteiger partial charge in [-0.05, 0) is 35.8 Å². The first kappa shape index (κ1) is 12.0. The third-order valence-electron chi connectivity index (χ3n) is 1.98. The van der Waals surface area contributed by atoms with Gasteiger partial charge in [0.05, 0.1) is 11.8 Å². The number of carbonyl (C=O) groups excluding carboxylic acids is 1. The Morgan fingerprint density at radius 3 is 2.73 bits per heavy atom. The van der Waals surface area contributed by atoms with Crippen molar-refractivity contribution in [3.63, 3.8) is 0 Å². The topological polar surface area (TPSA) is 33.5 Å². The summed E-state index contributed by atoms with van der Waals surface area (Å²) >= 11 is 3.19. The zero-order valence-electron chi connectivity index (χ0n) is 8.92. The molecule has 4 heteroatoms. The number of likely N-dealkylation sites (N-methyl/N-ethyl adjacent to an activating group) is 1. The van der Waals surface area contributed by atoms with E-state index in [0.29, 0.717) is 23.3 Å². The first-order chi connectivity index (χ1) is 7.06. The van der Waals surface area contributed by atoms with E-state index in [4.69, 9.17) is 4.42 Å². The molecule has 1 heterocycles. The van der Waals surface area contributed by atoms with E-state index in [1.165, 1.54) is 6.26 Å². The van der Waals surface area contributed by atoms with Crippen molar-refractivity contribution in [2.24, 2.45) is 0 Å². The highest BCUT2D eigenvalue weighted by molar-refractivity contribution is 9.10. The molecule has 0 aliphatic rings. The minimum atomic E-state index is -0.0406. The molecule has 0 bridgehead atoms. The summed E-state index contributed by atoms with van der Waals surface area (Å²) in [7, 11) is 0. The maximum absolute atomic E-state index is 12.0. The molecule has 0 saturated carbocycles. The molecule has 1 aromatic heterocycles. The predicted molar refractivity (Wildman–Crippen MR) is 62.8 cm³/mol. The van der Waals surface area contributed by atoms with Crippen LogP contribution in [-0.4, -0.2) is 23.9 Å². The SMILES string of the molecule is C=C(C)CN(CC)C(=O)c1ccoc1Br. The van der Waals surface area contributed by atoms with E-state index < -0.39 is 0 Å². The Kier molecular flexibility index (Phi) is 4.15. The van der Waals surface area contributed by atoms with E-state index in [-0.39, 0.29) is 5.91 Å². The summed E-state index contributed by atoms with van der Waals surface area (Å²) in [6.45, 7) is 8.87. The maximum Gasteiger partial charge on any atom is 0.258 e. The van der Waals surface area contributed by atoms with E-state index in [1.54, 1.807) is 11.0 Å². The number of rotatable bonds is 4. The van der Waals surface area contributed by atoms with Gasteiger partial charge in [0, 0.05) is 13.1 Å². The van der Waals surface area contributed by atoms with Crippen LogP contribution in [0.3, 0.4) is 0 Å². The summed E-state index contributed by atoms with van der Waals surface area (Å²) < 4.78 is 5.51. The first-order valence-electron chi connectivity index (χ1n) is 4.73. The Hall–Kier alpha value is -1.03. The lowest BCUT2D eigenvalue weighted by Gasteiger charge is -2.20. The van der Waals surface area contributed by atoms with Gasteiger partial charge in [-0.25, -0.2) is 0 Å². The van der Waals surface area contributed by atoms with Gasteiger partial charge in [-0.1, -0.05) is 12.2 Å². The Bertz CT molecular complexity index is 370. The molecule has 3 nitrogen and oxygen atoms in total. The lowest BCUT2D eigenvalue weighted by atomic mass is 10.2. The summed E-state index contributed by atoms with van der Waals surface area (Å²) in [5.74, 6) is -0.0406. The molecule has 0 saturated heterocycles. The summed E-state index contributed by atoms with van der Waals surface area (Å²) in [5.41, 5.74) is 1.52. The minimum Gasteiger partial charge on any atom is -0.457 e. The molecule has 0 spiro atoms. The van der Waals surface area contributed by atoms with Gasteiger partial charge < -0.3 is 9.32 Å². The van der Waals surface area contributed by atoms with Crippen molar-refractivity contribution >= 4 is 21.8 Å². The Morgan fingerprint density at radius 1 is 1.67 bits per heavy atom. The van der Waals surface area contributed by atoms with E-state index in [0.717, 1.165) is 5.57 Å². The van der Waals surface area contributed by atoms with Crippen molar-refractivity contribution in [1.29, 1.82) is 0 Å². The molecule has 0 N–H and O–H groups in total. The van der Waals surface area contributed by atoms with Gasteiger partial charge in [0.2, 0.25) is 0 Å². The average molecular weight is 272 g/mol. The van der Waals surface area contributed by atoms with Crippen molar-refractivity contribution in [3.8, 4) is 0 Å². The molecule has 1 aromatic rings. The zero-order chi connectivity index (χ0) is 11.4. The summed E-state index contributed by atoms with van der Waals surface area (Å²) in [4.78, 5) is 13.7. The monoisotopic (exact) mass is 271 g/mol. The van der Waals surface area contributed by atoms with Crippen LogP contribution >= 0.6 is 15.9 Å². The number of carbonyl (C=O) groups is 1. The third-order valence-corrected chi connectivity index (χ3v) is 2.59. The van der Waals surface area contributed by atoms with Crippen LogP contribution in [0.1, 0.15) is 24.2 Å². The first-order valence-corrected chi connectivity index (χ1v) is 5.52. The van der Waals surface area contributed by atoms with Crippen LogP contribution in [0.4, 0.5) is 0 Å². The second-order valence-corrected chi connectivity index (χ2v) is 4.10. The van der Waals surface area contributed by atoms with Gasteiger partial charge in [-0.3, -0.25) is 4.79 Å². The van der Waals surface area contributed by atoms with Gasteiger partial charge in [-0.2, -0.15) is 0 Å². The molecule has 82 valence electrons. The molecule has 1 rings (SSSR count). The fourth-order valence-electron chi connectivity index (χ4n) is 1.27. The van der Waals surface area contributed by atoms with Crippen molar-refractivity contribution in [2.45, 2.75) is 13.8 Å². The summed E-state index contributed by atoms with van der Waals surface area (Å²) in [5, 5.41) is 0. The van der Waals surface area contributed by atoms with Gasteiger partial charge >= 0.3 is 0 Å². The minimum absolute atomic E-state index is 0.0406. The highest BCUT2D eigenvalue weighted by atomic mass is 79.9. The summed E-state index contributed by atoms with van der Waals surface area (Å²) in [6, 6.07) is 1.66. The van der Waals surface area contributed by atoms with E-state index >= 15 is 0 Å². The highest BCUT2D eigenvalue weighted by Crippen LogP contribution is 2.19. The van der Waals surface area contributed by atoms with Crippen molar-refractivity contribution in [1.82, 2.24) is 4.90 Å². The number of nitrogens with zero attached hydrogens (tertiary/aromatic N) is 1. The molecule has 15 heavy (non-hydrogen) atoms. The van der Waals surface area contributed by atoms with Crippen molar-refractivity contribution in [3.05, 3.63) is 34.7 Å². The standard InChI is InChI=1S/C11H14BrNO2/c1-4-13(7-8(2)3)11(14)9-5-6-15-10(9)12/h5-6H,2,4,7H2,1,3H3. The van der Waals surface area contributed by atoms with Crippen LogP contribution in [-0.2, 0) is 0 Å². The van der Waals surface area contributed by atoms with Gasteiger partial charge in [-0.15, -0.1) is 0 Å². The van der Waals surface area contributed by atoms with Crippen LogP contribution in [0.5, 0.6) is 0 Å². The molecule has 0 fully saturated rings. The smallest absolute Gasteiger partial charge is 0.258 e. The van der Waals surface area contributed by atoms with Crippen LogP contribution < -0.4 is 0 Å². The molecule has 0 radical (unpaired) electrons. The summed E-state index contributed by atoms with van der Waals surface area (Å²) in [6.07, 6.45) is 1.49. The molecular weight excluding hydrogens is 258 g/mol. The van der Waals surface area contributed by atoms with Crippen LogP contribution in [0.15, 0.2) is 33.6 Å². The van der Waals surface area contributed by atoms with Crippen LogP contribution in [0.2, 0.25) is 0 Å². The zero-order valence-corrected chi connectivity index (χ0v) is 10.5. The molecule has 0 atom stereocenters. The largest absolute Gasteiger partial charge is 0.457 e. The van der Waals surface area contributed by atoms with Gasteiger partial charge in [0.25, 0.3) is 5.91 Å². The second-order valence-electron chi connectivity index (χ2n) is 3.38. The Morgan fingerprint density at radius 2 is 2.33 bits per heavy atom. The fourth-order valence-corrected chi connectivity index (χ4v) is 1.68. The average Bonchev–Trinajstić information content (AvgIpc) is 2.59. The highest BCUT2D eigenvalue weighted by Gasteiger charge is 2.18.